The van der Waals surface area contributed by atoms with E-state index in [2.05, 4.69) is 41.4 Å². The monoisotopic (exact) mass is 408 g/mol. The summed E-state index contributed by atoms with van der Waals surface area (Å²) in [6, 6.07) is 8.05. The first-order chi connectivity index (χ1) is 12.7. The molecule has 28 heavy (non-hydrogen) atoms. The fourth-order valence-corrected chi connectivity index (χ4v) is 2.62. The molecule has 2 aromatic rings. The Morgan fingerprint density at radius 1 is 1.18 bits per heavy atom. The number of nitrogens with two attached hydrogens (primary N) is 1. The van der Waals surface area contributed by atoms with Gasteiger partial charge in [0.1, 0.15) is 0 Å². The zero-order chi connectivity index (χ0) is 20.0. The van der Waals surface area contributed by atoms with E-state index >= 15 is 0 Å². The number of aromatic nitrogens is 2. The van der Waals surface area contributed by atoms with Crippen LogP contribution in [0.1, 0.15) is 82.3 Å². The molecule has 156 valence electrons. The van der Waals surface area contributed by atoms with Crippen molar-refractivity contribution in [3.63, 3.8) is 0 Å². The number of benzene rings is 1. The van der Waals surface area contributed by atoms with Gasteiger partial charge in [-0.3, -0.25) is 4.79 Å². The van der Waals surface area contributed by atoms with E-state index in [0.717, 1.165) is 5.56 Å². The summed E-state index contributed by atoms with van der Waals surface area (Å²) < 4.78 is 5.24. The number of halogens is 1. The number of carbonyl (C=O) groups is 1. The van der Waals surface area contributed by atoms with Crippen molar-refractivity contribution in [1.82, 2.24) is 15.5 Å². The first kappa shape index (κ1) is 24.1. The number of nitrogens with zero attached hydrogens (tertiary/aromatic N) is 2. The largest absolute Gasteiger partial charge is 0.354 e. The third-order valence-electron chi connectivity index (χ3n) is 4.48. The molecule has 1 heterocycles. The molecule has 0 saturated heterocycles. The van der Waals surface area contributed by atoms with Crippen molar-refractivity contribution >= 4 is 18.3 Å². The topological polar surface area (TPSA) is 94.0 Å². The number of carbonyl (C=O) groups excluding carboxylic acids is 1. The van der Waals surface area contributed by atoms with Crippen LogP contribution in [0.15, 0.2) is 28.8 Å². The van der Waals surface area contributed by atoms with Gasteiger partial charge in [-0.15, -0.1) is 12.4 Å². The van der Waals surface area contributed by atoms with Crippen LogP contribution in [0, 0.1) is 0 Å². The maximum absolute atomic E-state index is 12.0. The van der Waals surface area contributed by atoms with Gasteiger partial charge in [0.05, 0.1) is 0 Å². The van der Waals surface area contributed by atoms with E-state index in [0.29, 0.717) is 43.4 Å². The molecule has 6 nitrogen and oxygen atoms in total. The standard InChI is InChI=1S/C21H32N4O2.ClH/c1-14(2)15-9-11-16(12-10-15)17(22)13-23-18(26)7-6-8-19-24-20(25-27-19)21(3,4)5;/h9-12,14,17H,6-8,13,22H2,1-5H3,(H,23,26);1H. The molecule has 0 aliphatic carbocycles. The van der Waals surface area contributed by atoms with Crippen LogP contribution in [0.25, 0.3) is 0 Å². The highest BCUT2D eigenvalue weighted by molar-refractivity contribution is 5.85. The predicted molar refractivity (Wildman–Crippen MR) is 114 cm³/mol. The summed E-state index contributed by atoms with van der Waals surface area (Å²) in [6.07, 6.45) is 1.67. The first-order valence-corrected chi connectivity index (χ1v) is 9.62. The summed E-state index contributed by atoms with van der Waals surface area (Å²) in [5.41, 5.74) is 8.36. The molecule has 0 saturated carbocycles. The molecule has 0 aliphatic rings. The van der Waals surface area contributed by atoms with E-state index in [1.165, 1.54) is 5.56 Å². The van der Waals surface area contributed by atoms with Crippen LogP contribution in [0.2, 0.25) is 0 Å². The van der Waals surface area contributed by atoms with Gasteiger partial charge in [-0.05, 0) is 23.5 Å². The summed E-state index contributed by atoms with van der Waals surface area (Å²) >= 11 is 0. The lowest BCUT2D eigenvalue weighted by Crippen LogP contribution is -2.31. The SMILES string of the molecule is CC(C)c1ccc(C(N)CNC(=O)CCCc2nc(C(C)(C)C)no2)cc1.Cl. The van der Waals surface area contributed by atoms with Crippen molar-refractivity contribution in [1.29, 1.82) is 0 Å². The molecule has 1 amide bonds. The van der Waals surface area contributed by atoms with Crippen LogP contribution in [0.5, 0.6) is 0 Å². The Bertz CT molecular complexity index is 736. The van der Waals surface area contributed by atoms with Crippen LogP contribution in [0.4, 0.5) is 0 Å². The van der Waals surface area contributed by atoms with E-state index in [4.69, 9.17) is 10.3 Å². The van der Waals surface area contributed by atoms with Gasteiger partial charge >= 0.3 is 0 Å². The minimum atomic E-state index is -0.208. The molecule has 7 heteroatoms. The van der Waals surface area contributed by atoms with Gasteiger partial charge in [0, 0.05) is 30.8 Å². The molecule has 0 spiro atoms. The van der Waals surface area contributed by atoms with Crippen molar-refractivity contribution in [2.45, 2.75) is 71.3 Å². The highest BCUT2D eigenvalue weighted by atomic mass is 35.5. The summed E-state index contributed by atoms with van der Waals surface area (Å²) in [6.45, 7) is 10.9. The molecule has 0 fully saturated rings. The van der Waals surface area contributed by atoms with Gasteiger partial charge in [-0.1, -0.05) is 64.0 Å². The van der Waals surface area contributed by atoms with E-state index in [1.54, 1.807) is 0 Å². The Labute approximate surface area is 174 Å². The summed E-state index contributed by atoms with van der Waals surface area (Å²) in [7, 11) is 0. The summed E-state index contributed by atoms with van der Waals surface area (Å²) in [5.74, 6) is 1.75. The molecule has 1 aromatic carbocycles. The van der Waals surface area contributed by atoms with Gasteiger partial charge in [0.15, 0.2) is 5.82 Å². The lowest BCUT2D eigenvalue weighted by molar-refractivity contribution is -0.121. The minimum Gasteiger partial charge on any atom is -0.354 e. The Kier molecular flexibility index (Phi) is 9.11. The van der Waals surface area contributed by atoms with E-state index in [-0.39, 0.29) is 29.8 Å². The zero-order valence-corrected chi connectivity index (χ0v) is 18.3. The lowest BCUT2D eigenvalue weighted by atomic mass is 9.96. The molecular weight excluding hydrogens is 376 g/mol. The third-order valence-corrected chi connectivity index (χ3v) is 4.48. The second kappa shape index (κ2) is 10.6. The van der Waals surface area contributed by atoms with E-state index in [9.17, 15) is 4.79 Å². The van der Waals surface area contributed by atoms with Crippen molar-refractivity contribution < 1.29 is 9.32 Å². The maximum Gasteiger partial charge on any atom is 0.226 e. The van der Waals surface area contributed by atoms with Gasteiger partial charge in [0.2, 0.25) is 11.8 Å². The van der Waals surface area contributed by atoms with Crippen LogP contribution >= 0.6 is 12.4 Å². The highest BCUT2D eigenvalue weighted by Gasteiger charge is 2.20. The number of rotatable bonds is 8. The normalized spacial score (nSPS) is 12.5. The van der Waals surface area contributed by atoms with Gasteiger partial charge in [0.25, 0.3) is 0 Å². The Morgan fingerprint density at radius 2 is 1.79 bits per heavy atom. The van der Waals surface area contributed by atoms with E-state index < -0.39 is 0 Å². The van der Waals surface area contributed by atoms with Crippen molar-refractivity contribution in [2.24, 2.45) is 5.73 Å². The number of amides is 1. The first-order valence-electron chi connectivity index (χ1n) is 9.62. The Hall–Kier alpha value is -1.92. The van der Waals surface area contributed by atoms with Crippen LogP contribution in [-0.4, -0.2) is 22.6 Å². The average molecular weight is 409 g/mol. The number of hydrogen-bond acceptors (Lipinski definition) is 5. The highest BCUT2D eigenvalue weighted by Crippen LogP contribution is 2.19. The molecule has 0 aliphatic heterocycles. The van der Waals surface area contributed by atoms with Crippen LogP contribution < -0.4 is 11.1 Å². The number of hydrogen-bond donors (Lipinski definition) is 2. The minimum absolute atomic E-state index is 0. The van der Waals surface area contributed by atoms with Crippen LogP contribution in [0.3, 0.4) is 0 Å². The molecule has 0 radical (unpaired) electrons. The smallest absolute Gasteiger partial charge is 0.226 e. The van der Waals surface area contributed by atoms with Crippen molar-refractivity contribution in [3.05, 3.63) is 47.1 Å². The van der Waals surface area contributed by atoms with Crippen molar-refractivity contribution in [2.75, 3.05) is 6.54 Å². The molecule has 1 aromatic heterocycles. The van der Waals surface area contributed by atoms with Crippen molar-refractivity contribution in [3.8, 4) is 0 Å². The summed E-state index contributed by atoms with van der Waals surface area (Å²) in [5, 5.41) is 6.90. The van der Waals surface area contributed by atoms with Gasteiger partial charge in [-0.2, -0.15) is 4.98 Å². The predicted octanol–water partition coefficient (Wildman–Crippen LogP) is 4.05. The maximum atomic E-state index is 12.0. The second-order valence-corrected chi connectivity index (χ2v) is 8.35. The number of nitrogens with one attached hydrogen (secondary N) is 1. The quantitative estimate of drug-likeness (QED) is 0.687. The fourth-order valence-electron chi connectivity index (χ4n) is 2.62. The Morgan fingerprint density at radius 3 is 2.32 bits per heavy atom. The summed E-state index contributed by atoms with van der Waals surface area (Å²) in [4.78, 5) is 16.4. The molecular formula is C21H33ClN4O2. The molecule has 2 rings (SSSR count). The Balaban J connectivity index is 0.00000392. The third kappa shape index (κ3) is 7.24. The number of aryl methyl sites for hydroxylation is 1. The molecule has 0 bridgehead atoms. The zero-order valence-electron chi connectivity index (χ0n) is 17.5. The fraction of sp³-hybridized carbons (Fsp3) is 0.571. The molecule has 1 unspecified atom stereocenters. The average Bonchev–Trinajstić information content (AvgIpc) is 3.09. The van der Waals surface area contributed by atoms with Gasteiger partial charge in [-0.25, -0.2) is 0 Å². The second-order valence-electron chi connectivity index (χ2n) is 8.35. The molecule has 3 N–H and O–H groups in total. The van der Waals surface area contributed by atoms with Gasteiger partial charge < -0.3 is 15.6 Å². The lowest BCUT2D eigenvalue weighted by Gasteiger charge is -2.14. The molecule has 1 atom stereocenters. The van der Waals surface area contributed by atoms with E-state index in [1.807, 2.05) is 32.9 Å². The van der Waals surface area contributed by atoms with Crippen LogP contribution in [-0.2, 0) is 16.6 Å².